The van der Waals surface area contributed by atoms with Crippen molar-refractivity contribution in [1.29, 1.82) is 0 Å². The van der Waals surface area contributed by atoms with Crippen molar-refractivity contribution in [2.75, 3.05) is 18.1 Å². The van der Waals surface area contributed by atoms with Crippen molar-refractivity contribution in [3.63, 3.8) is 0 Å². The molecule has 1 aromatic carbocycles. The standard InChI is InChI=1S/C20H30N2O3/c1-14(2)25-12-6-11-21-19(24)20(5)10-9-18(23)22(20)17-8-7-15(3)13-16(17)4/h7-8,13-14H,6,9-12H2,1-5H3,(H,21,24)/t20-/m1/s1. The van der Waals surface area contributed by atoms with Crippen molar-refractivity contribution in [2.45, 2.75) is 65.5 Å². The van der Waals surface area contributed by atoms with Crippen LogP contribution in [0.3, 0.4) is 0 Å². The summed E-state index contributed by atoms with van der Waals surface area (Å²) >= 11 is 0. The van der Waals surface area contributed by atoms with Gasteiger partial charge in [0.05, 0.1) is 6.10 Å². The molecule has 25 heavy (non-hydrogen) atoms. The Hall–Kier alpha value is -1.88. The molecule has 0 spiro atoms. The van der Waals surface area contributed by atoms with Gasteiger partial charge in [-0.05, 0) is 59.1 Å². The van der Waals surface area contributed by atoms with Crippen LogP contribution < -0.4 is 10.2 Å². The molecule has 0 aliphatic carbocycles. The van der Waals surface area contributed by atoms with E-state index in [9.17, 15) is 9.59 Å². The largest absolute Gasteiger partial charge is 0.379 e. The summed E-state index contributed by atoms with van der Waals surface area (Å²) in [5.41, 5.74) is 2.15. The molecule has 1 atom stereocenters. The second kappa shape index (κ2) is 8.00. The van der Waals surface area contributed by atoms with Gasteiger partial charge in [0.2, 0.25) is 11.8 Å². The predicted octanol–water partition coefficient (Wildman–Crippen LogP) is 3.12. The predicted molar refractivity (Wildman–Crippen MR) is 99.8 cm³/mol. The lowest BCUT2D eigenvalue weighted by Crippen LogP contribution is -2.55. The highest BCUT2D eigenvalue weighted by Crippen LogP contribution is 2.37. The highest BCUT2D eigenvalue weighted by atomic mass is 16.5. The lowest BCUT2D eigenvalue weighted by Gasteiger charge is -2.35. The average molecular weight is 346 g/mol. The Bertz CT molecular complexity index is 642. The van der Waals surface area contributed by atoms with Crippen molar-refractivity contribution >= 4 is 17.5 Å². The van der Waals surface area contributed by atoms with E-state index in [-0.39, 0.29) is 17.9 Å². The fraction of sp³-hybridized carbons (Fsp3) is 0.600. The SMILES string of the molecule is Cc1ccc(N2C(=O)CC[C@]2(C)C(=O)NCCCOC(C)C)c(C)c1. The molecule has 5 nitrogen and oxygen atoms in total. The number of hydrogen-bond acceptors (Lipinski definition) is 3. The highest BCUT2D eigenvalue weighted by Gasteiger charge is 2.48. The number of nitrogens with one attached hydrogen (secondary N) is 1. The molecule has 5 heteroatoms. The van der Waals surface area contributed by atoms with E-state index in [0.717, 1.165) is 23.2 Å². The summed E-state index contributed by atoms with van der Waals surface area (Å²) in [6.07, 6.45) is 1.89. The molecular weight excluding hydrogens is 316 g/mol. The minimum Gasteiger partial charge on any atom is -0.379 e. The van der Waals surface area contributed by atoms with E-state index in [1.54, 1.807) is 4.90 Å². The average Bonchev–Trinajstić information content (AvgIpc) is 2.83. The Labute approximate surface area is 150 Å². The van der Waals surface area contributed by atoms with Crippen LogP contribution in [0, 0.1) is 13.8 Å². The Morgan fingerprint density at radius 3 is 2.72 bits per heavy atom. The van der Waals surface area contributed by atoms with Gasteiger partial charge >= 0.3 is 0 Å². The Kier molecular flexibility index (Phi) is 6.22. The van der Waals surface area contributed by atoms with Gasteiger partial charge in [0.25, 0.3) is 0 Å². The molecule has 1 saturated heterocycles. The van der Waals surface area contributed by atoms with Crippen LogP contribution in [-0.2, 0) is 14.3 Å². The second-order valence-corrected chi connectivity index (χ2v) is 7.32. The molecule has 0 unspecified atom stereocenters. The number of ether oxygens (including phenoxy) is 1. The minimum atomic E-state index is -0.837. The molecule has 0 aromatic heterocycles. The number of benzene rings is 1. The number of carbonyl (C=O) groups excluding carboxylic acids is 2. The summed E-state index contributed by atoms with van der Waals surface area (Å²) in [4.78, 5) is 27.0. The zero-order valence-corrected chi connectivity index (χ0v) is 16.0. The summed E-state index contributed by atoms with van der Waals surface area (Å²) in [6, 6.07) is 5.97. The molecule has 2 amide bonds. The quantitative estimate of drug-likeness (QED) is 0.772. The number of carbonyl (C=O) groups is 2. The van der Waals surface area contributed by atoms with E-state index in [4.69, 9.17) is 4.74 Å². The number of anilines is 1. The summed E-state index contributed by atoms with van der Waals surface area (Å²) < 4.78 is 5.49. The van der Waals surface area contributed by atoms with Gasteiger partial charge in [0.15, 0.2) is 0 Å². The fourth-order valence-electron chi connectivity index (χ4n) is 3.30. The van der Waals surface area contributed by atoms with Crippen LogP contribution in [0.1, 0.15) is 51.2 Å². The van der Waals surface area contributed by atoms with Crippen molar-refractivity contribution < 1.29 is 14.3 Å². The highest BCUT2D eigenvalue weighted by molar-refractivity contribution is 6.06. The van der Waals surface area contributed by atoms with Gasteiger partial charge in [0.1, 0.15) is 5.54 Å². The molecule has 1 aromatic rings. The molecule has 0 saturated carbocycles. The van der Waals surface area contributed by atoms with Gasteiger partial charge in [-0.2, -0.15) is 0 Å². The Balaban J connectivity index is 2.08. The minimum absolute atomic E-state index is 0.00717. The van der Waals surface area contributed by atoms with E-state index < -0.39 is 5.54 Å². The first-order chi connectivity index (χ1) is 11.8. The van der Waals surface area contributed by atoms with Crippen LogP contribution >= 0.6 is 0 Å². The van der Waals surface area contributed by atoms with E-state index >= 15 is 0 Å². The fourth-order valence-corrected chi connectivity index (χ4v) is 3.30. The maximum Gasteiger partial charge on any atom is 0.246 e. The van der Waals surface area contributed by atoms with Crippen molar-refractivity contribution in [1.82, 2.24) is 5.32 Å². The van der Waals surface area contributed by atoms with E-state index in [1.165, 1.54) is 0 Å². The van der Waals surface area contributed by atoms with Crippen LogP contribution in [0.2, 0.25) is 0 Å². The van der Waals surface area contributed by atoms with E-state index in [2.05, 4.69) is 5.32 Å². The topological polar surface area (TPSA) is 58.6 Å². The van der Waals surface area contributed by atoms with E-state index in [0.29, 0.717) is 26.0 Å². The number of rotatable bonds is 7. The third-order valence-corrected chi connectivity index (χ3v) is 4.71. The van der Waals surface area contributed by atoms with Crippen LogP contribution in [0.5, 0.6) is 0 Å². The smallest absolute Gasteiger partial charge is 0.246 e. The van der Waals surface area contributed by atoms with Gasteiger partial charge in [-0.3, -0.25) is 14.5 Å². The van der Waals surface area contributed by atoms with Crippen molar-refractivity contribution in [3.8, 4) is 0 Å². The van der Waals surface area contributed by atoms with Gasteiger partial charge in [-0.1, -0.05) is 17.7 Å². The number of amides is 2. The molecule has 0 bridgehead atoms. The molecule has 1 aliphatic rings. The molecule has 1 aliphatic heterocycles. The first kappa shape index (κ1) is 19.4. The summed E-state index contributed by atoms with van der Waals surface area (Å²) in [5, 5.41) is 2.98. The zero-order valence-electron chi connectivity index (χ0n) is 16.0. The lowest BCUT2D eigenvalue weighted by atomic mass is 9.96. The second-order valence-electron chi connectivity index (χ2n) is 7.32. The molecule has 1 heterocycles. The van der Waals surface area contributed by atoms with Crippen LogP contribution in [0.4, 0.5) is 5.69 Å². The molecule has 138 valence electrons. The zero-order chi connectivity index (χ0) is 18.6. The molecule has 1 N–H and O–H groups in total. The summed E-state index contributed by atoms with van der Waals surface area (Å²) in [5.74, 6) is -0.0874. The third kappa shape index (κ3) is 4.40. The first-order valence-corrected chi connectivity index (χ1v) is 9.06. The summed E-state index contributed by atoms with van der Waals surface area (Å²) in [6.45, 7) is 11.0. The van der Waals surface area contributed by atoms with Gasteiger partial charge in [0, 0.05) is 25.3 Å². The van der Waals surface area contributed by atoms with Gasteiger partial charge in [-0.25, -0.2) is 0 Å². The maximum absolute atomic E-state index is 12.8. The monoisotopic (exact) mass is 346 g/mol. The lowest BCUT2D eigenvalue weighted by molar-refractivity contribution is -0.127. The van der Waals surface area contributed by atoms with Crippen molar-refractivity contribution in [2.24, 2.45) is 0 Å². The molecule has 1 fully saturated rings. The van der Waals surface area contributed by atoms with Crippen LogP contribution in [0.15, 0.2) is 18.2 Å². The van der Waals surface area contributed by atoms with E-state index in [1.807, 2.05) is 52.8 Å². The summed E-state index contributed by atoms with van der Waals surface area (Å²) in [7, 11) is 0. The van der Waals surface area contributed by atoms with Gasteiger partial charge < -0.3 is 10.1 Å². The number of hydrogen-bond donors (Lipinski definition) is 1. The van der Waals surface area contributed by atoms with Crippen LogP contribution in [0.25, 0.3) is 0 Å². The molecular formula is C20H30N2O3. The van der Waals surface area contributed by atoms with Crippen LogP contribution in [-0.4, -0.2) is 36.6 Å². The first-order valence-electron chi connectivity index (χ1n) is 9.06. The number of nitrogens with zero attached hydrogens (tertiary/aromatic N) is 1. The van der Waals surface area contributed by atoms with Gasteiger partial charge in [-0.15, -0.1) is 0 Å². The Morgan fingerprint density at radius 2 is 2.08 bits per heavy atom. The maximum atomic E-state index is 12.8. The normalized spacial score (nSPS) is 20.4. The van der Waals surface area contributed by atoms with Crippen molar-refractivity contribution in [3.05, 3.63) is 29.3 Å². The number of aryl methyl sites for hydroxylation is 2. The third-order valence-electron chi connectivity index (χ3n) is 4.71. The Morgan fingerprint density at radius 1 is 1.36 bits per heavy atom. The molecule has 2 rings (SSSR count). The molecule has 0 radical (unpaired) electrons.